The van der Waals surface area contributed by atoms with Crippen molar-refractivity contribution in [2.75, 3.05) is 26.8 Å². The molecular formula is C11H19N3O2. The summed E-state index contributed by atoms with van der Waals surface area (Å²) in [5.74, 6) is -0.345. The Morgan fingerprint density at radius 1 is 1.50 bits per heavy atom. The third-order valence-electron chi connectivity index (χ3n) is 1.82. The van der Waals surface area contributed by atoms with Gasteiger partial charge < -0.3 is 15.4 Å². The predicted molar refractivity (Wildman–Crippen MR) is 61.5 cm³/mol. The van der Waals surface area contributed by atoms with E-state index in [1.54, 1.807) is 7.11 Å². The molecule has 0 saturated carbocycles. The van der Waals surface area contributed by atoms with Crippen LogP contribution >= 0.6 is 0 Å². The van der Waals surface area contributed by atoms with E-state index in [1.165, 1.54) is 6.20 Å². The van der Waals surface area contributed by atoms with Crippen LogP contribution < -0.4 is 10.6 Å². The van der Waals surface area contributed by atoms with Crippen molar-refractivity contribution in [1.82, 2.24) is 10.6 Å². The van der Waals surface area contributed by atoms with Gasteiger partial charge in [-0.1, -0.05) is 6.92 Å². The van der Waals surface area contributed by atoms with E-state index < -0.39 is 0 Å². The second-order valence-corrected chi connectivity index (χ2v) is 3.23. The molecule has 16 heavy (non-hydrogen) atoms. The first-order valence-electron chi connectivity index (χ1n) is 5.37. The lowest BCUT2D eigenvalue weighted by Crippen LogP contribution is -2.27. The number of carbonyl (C=O) groups is 1. The third kappa shape index (κ3) is 6.85. The summed E-state index contributed by atoms with van der Waals surface area (Å²) in [6, 6.07) is 1.86. The maximum Gasteiger partial charge on any atom is 0.263 e. The van der Waals surface area contributed by atoms with Crippen LogP contribution in [0.15, 0.2) is 11.8 Å². The second-order valence-electron chi connectivity index (χ2n) is 3.23. The van der Waals surface area contributed by atoms with Gasteiger partial charge in [0.25, 0.3) is 5.91 Å². The predicted octanol–water partition coefficient (Wildman–Crippen LogP) is 0.546. The zero-order valence-corrected chi connectivity index (χ0v) is 9.88. The third-order valence-corrected chi connectivity index (χ3v) is 1.82. The van der Waals surface area contributed by atoms with Gasteiger partial charge in [-0.2, -0.15) is 5.26 Å². The Bertz CT molecular complexity index is 269. The van der Waals surface area contributed by atoms with Crippen LogP contribution in [0.5, 0.6) is 0 Å². The number of nitrogens with zero attached hydrogens (tertiary/aromatic N) is 1. The van der Waals surface area contributed by atoms with E-state index in [2.05, 4.69) is 10.6 Å². The molecule has 90 valence electrons. The summed E-state index contributed by atoms with van der Waals surface area (Å²) in [5, 5.41) is 14.3. The fourth-order valence-corrected chi connectivity index (χ4v) is 0.981. The molecule has 0 aromatic carbocycles. The van der Waals surface area contributed by atoms with Gasteiger partial charge in [-0.25, -0.2) is 0 Å². The zero-order chi connectivity index (χ0) is 12.2. The summed E-state index contributed by atoms with van der Waals surface area (Å²) < 4.78 is 4.85. The monoisotopic (exact) mass is 225 g/mol. The second kappa shape index (κ2) is 9.99. The minimum Gasteiger partial charge on any atom is -0.390 e. The first-order valence-corrected chi connectivity index (χ1v) is 5.37. The van der Waals surface area contributed by atoms with Crippen LogP contribution in [0.2, 0.25) is 0 Å². The van der Waals surface area contributed by atoms with Gasteiger partial charge in [0, 0.05) is 33.0 Å². The molecule has 0 radical (unpaired) electrons. The van der Waals surface area contributed by atoms with E-state index in [4.69, 9.17) is 10.00 Å². The number of hydrogen-bond acceptors (Lipinski definition) is 4. The minimum absolute atomic E-state index is 0.103. The number of ether oxygens (including phenoxy) is 1. The normalized spacial score (nSPS) is 10.7. The van der Waals surface area contributed by atoms with Gasteiger partial charge in [-0.3, -0.25) is 4.79 Å². The standard InChI is InChI=1S/C11H19N3O2/c1-3-5-13-9-10(8-12)11(15)14-6-4-7-16-2/h9,13H,3-7H2,1-2H3,(H,14,15)/b10-9-. The fraction of sp³-hybridized carbons (Fsp3) is 0.636. The summed E-state index contributed by atoms with van der Waals surface area (Å²) in [6.07, 6.45) is 3.14. The van der Waals surface area contributed by atoms with Crippen LogP contribution in [-0.2, 0) is 9.53 Å². The fourth-order valence-electron chi connectivity index (χ4n) is 0.981. The number of methoxy groups -OCH3 is 1. The van der Waals surface area contributed by atoms with Crippen molar-refractivity contribution in [3.63, 3.8) is 0 Å². The average Bonchev–Trinajstić information content (AvgIpc) is 2.30. The lowest BCUT2D eigenvalue weighted by molar-refractivity contribution is -0.117. The maximum absolute atomic E-state index is 11.4. The smallest absolute Gasteiger partial charge is 0.263 e. The van der Waals surface area contributed by atoms with Crippen molar-refractivity contribution in [2.24, 2.45) is 0 Å². The summed E-state index contributed by atoms with van der Waals surface area (Å²) in [7, 11) is 1.61. The molecule has 0 fully saturated rings. The lowest BCUT2D eigenvalue weighted by Gasteiger charge is -2.04. The van der Waals surface area contributed by atoms with Crippen molar-refractivity contribution in [3.8, 4) is 6.07 Å². The van der Waals surface area contributed by atoms with Crippen LogP contribution in [0.3, 0.4) is 0 Å². The van der Waals surface area contributed by atoms with Gasteiger partial charge in [-0.15, -0.1) is 0 Å². The molecule has 5 nitrogen and oxygen atoms in total. The molecule has 0 aliphatic heterocycles. The van der Waals surface area contributed by atoms with Gasteiger partial charge >= 0.3 is 0 Å². The molecule has 0 atom stereocenters. The molecule has 0 bridgehead atoms. The topological polar surface area (TPSA) is 74.2 Å². The van der Waals surface area contributed by atoms with E-state index in [0.29, 0.717) is 13.2 Å². The van der Waals surface area contributed by atoms with Gasteiger partial charge in [0.15, 0.2) is 0 Å². The van der Waals surface area contributed by atoms with Crippen LogP contribution in [0.25, 0.3) is 0 Å². The van der Waals surface area contributed by atoms with E-state index in [-0.39, 0.29) is 11.5 Å². The molecule has 2 N–H and O–H groups in total. The quantitative estimate of drug-likeness (QED) is 0.359. The average molecular weight is 225 g/mol. The Morgan fingerprint density at radius 3 is 2.81 bits per heavy atom. The SMILES string of the molecule is CCCN/C=C(/C#N)C(=O)NCCCOC. The van der Waals surface area contributed by atoms with Gasteiger partial charge in [0.05, 0.1) is 0 Å². The van der Waals surface area contributed by atoms with Crippen LogP contribution in [-0.4, -0.2) is 32.7 Å². The summed E-state index contributed by atoms with van der Waals surface area (Å²) >= 11 is 0. The Kier molecular flexibility index (Phi) is 9.03. The molecule has 0 rings (SSSR count). The highest BCUT2D eigenvalue weighted by Crippen LogP contribution is 1.90. The van der Waals surface area contributed by atoms with Crippen molar-refractivity contribution < 1.29 is 9.53 Å². The molecule has 0 aliphatic rings. The highest BCUT2D eigenvalue weighted by molar-refractivity contribution is 5.97. The molecule has 1 amide bonds. The number of carbonyl (C=O) groups excluding carboxylic acids is 1. The molecule has 0 heterocycles. The highest BCUT2D eigenvalue weighted by atomic mass is 16.5. The summed E-state index contributed by atoms with van der Waals surface area (Å²) in [6.45, 7) is 3.87. The van der Waals surface area contributed by atoms with Crippen molar-refractivity contribution in [1.29, 1.82) is 5.26 Å². The molecule has 0 aromatic heterocycles. The summed E-state index contributed by atoms with van der Waals surface area (Å²) in [5.41, 5.74) is 0.103. The Hall–Kier alpha value is -1.54. The number of hydrogen-bond donors (Lipinski definition) is 2. The highest BCUT2D eigenvalue weighted by Gasteiger charge is 2.06. The van der Waals surface area contributed by atoms with Gasteiger partial charge in [-0.05, 0) is 12.8 Å². The first kappa shape index (κ1) is 14.5. The van der Waals surface area contributed by atoms with Crippen LogP contribution in [0.4, 0.5) is 0 Å². The maximum atomic E-state index is 11.4. The molecule has 0 spiro atoms. The van der Waals surface area contributed by atoms with Crippen molar-refractivity contribution in [3.05, 3.63) is 11.8 Å². The van der Waals surface area contributed by atoms with Crippen LogP contribution in [0.1, 0.15) is 19.8 Å². The first-order chi connectivity index (χ1) is 7.76. The molecule has 0 aliphatic carbocycles. The van der Waals surface area contributed by atoms with E-state index >= 15 is 0 Å². The largest absolute Gasteiger partial charge is 0.390 e. The Morgan fingerprint density at radius 2 is 2.25 bits per heavy atom. The number of rotatable bonds is 8. The van der Waals surface area contributed by atoms with Gasteiger partial charge in [0.1, 0.15) is 11.6 Å². The molecule has 0 saturated heterocycles. The summed E-state index contributed by atoms with van der Waals surface area (Å²) in [4.78, 5) is 11.4. The molecule has 0 aromatic rings. The zero-order valence-electron chi connectivity index (χ0n) is 9.88. The molecule has 5 heteroatoms. The number of nitrogens with one attached hydrogen (secondary N) is 2. The van der Waals surface area contributed by atoms with Gasteiger partial charge in [0.2, 0.25) is 0 Å². The number of amides is 1. The van der Waals surface area contributed by atoms with E-state index in [1.807, 2.05) is 13.0 Å². The van der Waals surface area contributed by atoms with Crippen molar-refractivity contribution in [2.45, 2.75) is 19.8 Å². The van der Waals surface area contributed by atoms with Crippen molar-refractivity contribution >= 4 is 5.91 Å². The lowest BCUT2D eigenvalue weighted by atomic mass is 10.3. The van der Waals surface area contributed by atoms with E-state index in [0.717, 1.165) is 19.4 Å². The Labute approximate surface area is 96.5 Å². The molecule has 0 unspecified atom stereocenters. The van der Waals surface area contributed by atoms with E-state index in [9.17, 15) is 4.79 Å². The Balaban J connectivity index is 3.92. The minimum atomic E-state index is -0.345. The molecular weight excluding hydrogens is 206 g/mol. The number of nitriles is 1. The van der Waals surface area contributed by atoms with Crippen LogP contribution in [0, 0.1) is 11.3 Å².